The first-order chi connectivity index (χ1) is 42.5. The number of carbonyl (C=O) groups excluding carboxylic acids is 8. The van der Waals surface area contributed by atoms with Crippen molar-refractivity contribution < 1.29 is 38.4 Å². The third kappa shape index (κ3) is 18.4. The molecule has 16 nitrogen and oxygen atoms in total. The lowest BCUT2D eigenvalue weighted by Gasteiger charge is -2.44. The van der Waals surface area contributed by atoms with E-state index in [0.717, 1.165) is 86.5 Å². The van der Waals surface area contributed by atoms with Gasteiger partial charge in [0.15, 0.2) is 0 Å². The van der Waals surface area contributed by atoms with Crippen LogP contribution >= 0.6 is 0 Å². The molecule has 4 N–H and O–H groups in total. The van der Waals surface area contributed by atoms with Crippen LogP contribution in [0.4, 0.5) is 0 Å². The number of ketones is 1. The Labute approximate surface area is 523 Å². The molecule has 8 rings (SSSR count). The Balaban J connectivity index is 1.03. The molecule has 4 aliphatic rings. The second-order valence-corrected chi connectivity index (χ2v) is 25.7. The van der Waals surface area contributed by atoms with Crippen LogP contribution < -0.4 is 21.3 Å². The molecular formula is C72H98N8O8. The zero-order valence-corrected chi connectivity index (χ0v) is 53.2. The molecule has 4 aromatic rings. The quantitative estimate of drug-likeness (QED) is 0.0473. The molecule has 0 aromatic heterocycles. The molecule has 0 bridgehead atoms. The van der Waals surface area contributed by atoms with Gasteiger partial charge in [-0.25, -0.2) is 0 Å². The summed E-state index contributed by atoms with van der Waals surface area (Å²) in [6.07, 6.45) is 13.8. The minimum absolute atomic E-state index is 0.0119. The van der Waals surface area contributed by atoms with Crippen molar-refractivity contribution in [3.05, 3.63) is 131 Å². The van der Waals surface area contributed by atoms with Gasteiger partial charge in [-0.15, -0.1) is 0 Å². The molecule has 2 saturated carbocycles. The fourth-order valence-corrected chi connectivity index (χ4v) is 14.0. The lowest BCUT2D eigenvalue weighted by Crippen LogP contribution is -2.61. The highest BCUT2D eigenvalue weighted by molar-refractivity contribution is 5.96. The Morgan fingerprint density at radius 1 is 0.545 bits per heavy atom. The Kier molecular flexibility index (Phi) is 24.9. The molecule has 0 spiro atoms. The van der Waals surface area contributed by atoms with Gasteiger partial charge < -0.3 is 40.9 Å². The molecule has 88 heavy (non-hydrogen) atoms. The van der Waals surface area contributed by atoms with Gasteiger partial charge in [0.1, 0.15) is 11.8 Å². The maximum atomic E-state index is 15.1. The Morgan fingerprint density at radius 2 is 0.977 bits per heavy atom. The summed E-state index contributed by atoms with van der Waals surface area (Å²) in [6, 6.07) is 32.7. The summed E-state index contributed by atoms with van der Waals surface area (Å²) in [4.78, 5) is 120. The number of likely N-dealkylation sites (tertiary alicyclic amines) is 2. The lowest BCUT2D eigenvalue weighted by atomic mass is 9.76. The number of nitrogens with zero attached hydrogens (tertiary/aromatic N) is 4. The average Bonchev–Trinajstić information content (AvgIpc) is 2.49. The van der Waals surface area contributed by atoms with Gasteiger partial charge in [-0.05, 0) is 143 Å². The highest BCUT2D eigenvalue weighted by Gasteiger charge is 2.43. The summed E-state index contributed by atoms with van der Waals surface area (Å²) in [5, 5.41) is 12.5. The van der Waals surface area contributed by atoms with Crippen LogP contribution in [-0.4, -0.2) is 149 Å². The summed E-state index contributed by atoms with van der Waals surface area (Å²) in [7, 11) is 1.76. The number of piperidine rings is 2. The van der Waals surface area contributed by atoms with Crippen LogP contribution in [-0.2, 0) is 41.6 Å². The smallest absolute Gasteiger partial charge is 0.253 e. The maximum Gasteiger partial charge on any atom is 0.253 e. The van der Waals surface area contributed by atoms with E-state index in [9.17, 15) is 19.2 Å². The fourth-order valence-electron chi connectivity index (χ4n) is 14.0. The number of rotatable bonds is 26. The number of Topliss-reactive ketones (excluding diaryl/α,β-unsaturated/α-hetero) is 1. The van der Waals surface area contributed by atoms with Gasteiger partial charge in [-0.3, -0.25) is 38.4 Å². The Morgan fingerprint density at radius 3 is 1.40 bits per heavy atom. The predicted molar refractivity (Wildman–Crippen MR) is 345 cm³/mol. The number of hydrogen-bond acceptors (Lipinski definition) is 9. The summed E-state index contributed by atoms with van der Waals surface area (Å²) in [5.41, 5.74) is 4.79. The standard InChI is InChI=1S/C72H98N8O8/c1-7-49(2)68(84)76-67(58-26-18-11-19-27-58)72(88)80-43-39-62(75-52(5)82)45-64(80)48-78(41-37-54-22-14-9-15-23-54)70(86)60-34-30-56(31-35-60)55-28-32-59(33-29-55)69(85)77(40-36-53-20-12-8-13-21-53)47-63-44-61(74-51(4)81)38-42-79(63)71(87)65(46-66(83)50(3)73-6)57-24-16-10-17-25-57/h8-9,12-15,20-23,28-35,49-50,57-58,61-65,67,73H,7,10-11,16-19,24-27,36-48H2,1-6H3,(H,74,81)(H,75,82)(H,76,84)/t49-,50+,61-,62-,63+,64+,65+,67+/m1/s1. The van der Waals surface area contributed by atoms with Crippen molar-refractivity contribution in [2.75, 3.05) is 46.3 Å². The van der Waals surface area contributed by atoms with E-state index in [4.69, 9.17) is 0 Å². The second kappa shape index (κ2) is 32.9. The summed E-state index contributed by atoms with van der Waals surface area (Å²) in [6.45, 7) is 10.7. The van der Waals surface area contributed by atoms with Crippen LogP contribution in [0, 0.1) is 23.7 Å². The molecule has 0 unspecified atom stereocenters. The van der Waals surface area contributed by atoms with Crippen LogP contribution in [0.15, 0.2) is 109 Å². The van der Waals surface area contributed by atoms with E-state index in [1.54, 1.807) is 7.05 Å². The van der Waals surface area contributed by atoms with Crippen molar-refractivity contribution >= 4 is 47.1 Å². The zero-order valence-electron chi connectivity index (χ0n) is 53.2. The molecule has 0 radical (unpaired) electrons. The molecule has 8 atom stereocenters. The normalized spacial score (nSPS) is 20.6. The molecule has 4 aromatic carbocycles. The molecule has 7 amide bonds. The van der Waals surface area contributed by atoms with E-state index in [1.807, 2.05) is 150 Å². The molecule has 2 aliphatic carbocycles. The van der Waals surface area contributed by atoms with Gasteiger partial charge in [-0.1, -0.05) is 137 Å². The second-order valence-electron chi connectivity index (χ2n) is 25.7. The maximum absolute atomic E-state index is 15.1. The first kappa shape index (κ1) is 66.7. The summed E-state index contributed by atoms with van der Waals surface area (Å²) < 4.78 is 0. The van der Waals surface area contributed by atoms with Crippen molar-refractivity contribution in [3.63, 3.8) is 0 Å². The Bertz CT molecular complexity index is 2750. The molecular weight excluding hydrogens is 1100 g/mol. The minimum atomic E-state index is -0.677. The van der Waals surface area contributed by atoms with Crippen LogP contribution in [0.25, 0.3) is 11.1 Å². The third-order valence-corrected chi connectivity index (χ3v) is 19.5. The van der Waals surface area contributed by atoms with Gasteiger partial charge in [0, 0.05) is 94.6 Å². The lowest BCUT2D eigenvalue weighted by molar-refractivity contribution is -0.145. The topological polar surface area (TPSA) is 198 Å². The van der Waals surface area contributed by atoms with Gasteiger partial charge in [0.25, 0.3) is 11.8 Å². The highest BCUT2D eigenvalue weighted by atomic mass is 16.2. The first-order valence-corrected chi connectivity index (χ1v) is 33.0. The number of nitrogens with one attached hydrogen (secondary N) is 4. The molecule has 4 fully saturated rings. The number of benzene rings is 4. The number of amides is 7. The van der Waals surface area contributed by atoms with Crippen molar-refractivity contribution in [1.82, 2.24) is 40.9 Å². The van der Waals surface area contributed by atoms with E-state index in [-0.39, 0.29) is 103 Å². The van der Waals surface area contributed by atoms with Gasteiger partial charge in [-0.2, -0.15) is 0 Å². The van der Waals surface area contributed by atoms with E-state index >= 15 is 19.2 Å². The molecule has 16 heteroatoms. The van der Waals surface area contributed by atoms with Crippen molar-refractivity contribution in [2.24, 2.45) is 23.7 Å². The van der Waals surface area contributed by atoms with Gasteiger partial charge in [0.2, 0.25) is 29.5 Å². The average molecular weight is 1200 g/mol. The van der Waals surface area contributed by atoms with Crippen LogP contribution in [0.2, 0.25) is 0 Å². The first-order valence-electron chi connectivity index (χ1n) is 33.0. The van der Waals surface area contributed by atoms with Crippen LogP contribution in [0.1, 0.15) is 169 Å². The number of carbonyl (C=O) groups is 8. The predicted octanol–water partition coefficient (Wildman–Crippen LogP) is 9.59. The zero-order chi connectivity index (χ0) is 62.7. The molecule has 2 aliphatic heterocycles. The molecule has 2 saturated heterocycles. The highest BCUT2D eigenvalue weighted by Crippen LogP contribution is 2.36. The minimum Gasteiger partial charge on any atom is -0.353 e. The van der Waals surface area contributed by atoms with E-state index in [2.05, 4.69) is 21.3 Å². The van der Waals surface area contributed by atoms with Crippen LogP contribution in [0.5, 0.6) is 0 Å². The van der Waals surface area contributed by atoms with Gasteiger partial charge >= 0.3 is 0 Å². The SMILES string of the molecule is CC[C@@H](C)C(=O)N[C@H](C(=O)N1CC[C@@H](NC(C)=O)C[C@H]1CN(CCc1ccccc1)C(=O)c1ccc(-c2ccc(C(=O)N(CCc3ccccc3)C[C@@H]3C[C@H](NC(C)=O)CCN3C(=O)[C@@H](CC(=O)[C@H](C)NC)C3CCCCC3)cc2)cc1)C1CCCCC1. The van der Waals surface area contributed by atoms with Crippen molar-refractivity contribution in [2.45, 2.75) is 186 Å². The largest absolute Gasteiger partial charge is 0.353 e. The Hall–Kier alpha value is -7.20. The van der Waals surface area contributed by atoms with Crippen molar-refractivity contribution in [1.29, 1.82) is 0 Å². The van der Waals surface area contributed by atoms with E-state index in [1.165, 1.54) is 13.8 Å². The van der Waals surface area contributed by atoms with Crippen molar-refractivity contribution in [3.8, 4) is 11.1 Å². The number of hydrogen-bond donors (Lipinski definition) is 4. The van der Waals surface area contributed by atoms with E-state index in [0.29, 0.717) is 82.3 Å². The molecule has 474 valence electrons. The van der Waals surface area contributed by atoms with Crippen LogP contribution in [0.3, 0.4) is 0 Å². The summed E-state index contributed by atoms with van der Waals surface area (Å²) >= 11 is 0. The third-order valence-electron chi connectivity index (χ3n) is 19.5. The van der Waals surface area contributed by atoms with E-state index < -0.39 is 24.0 Å². The molecule has 2 heterocycles. The van der Waals surface area contributed by atoms with Gasteiger partial charge in [0.05, 0.1) is 18.1 Å². The number of likely N-dealkylation sites (N-methyl/N-ethyl adjacent to an activating group) is 1. The fraction of sp³-hybridized carbons (Fsp3) is 0.556. The summed E-state index contributed by atoms with van der Waals surface area (Å²) in [5.74, 6) is -1.54. The monoisotopic (exact) mass is 1200 g/mol.